The van der Waals surface area contributed by atoms with Crippen molar-refractivity contribution in [2.24, 2.45) is 0 Å². The zero-order valence-corrected chi connectivity index (χ0v) is 12.8. The molecule has 1 saturated heterocycles. The number of hydrogen-bond acceptors (Lipinski definition) is 6. The van der Waals surface area contributed by atoms with Gasteiger partial charge >= 0.3 is 6.18 Å². The summed E-state index contributed by atoms with van der Waals surface area (Å²) in [6.07, 6.45) is -3.91. The highest BCUT2D eigenvalue weighted by Crippen LogP contribution is 2.29. The molecule has 1 aliphatic heterocycles. The molecule has 0 unspecified atom stereocenters. The molecule has 0 aliphatic carbocycles. The number of nitrogens with zero attached hydrogens (tertiary/aromatic N) is 4. The van der Waals surface area contributed by atoms with E-state index in [9.17, 15) is 22.8 Å². The van der Waals surface area contributed by atoms with Crippen LogP contribution in [0.4, 0.5) is 13.2 Å². The van der Waals surface area contributed by atoms with Crippen LogP contribution in [0.15, 0.2) is 24.3 Å². The van der Waals surface area contributed by atoms with E-state index in [-0.39, 0.29) is 16.6 Å². The van der Waals surface area contributed by atoms with Crippen molar-refractivity contribution in [1.29, 1.82) is 0 Å². The van der Waals surface area contributed by atoms with Gasteiger partial charge in [0.15, 0.2) is 0 Å². The van der Waals surface area contributed by atoms with Crippen LogP contribution in [-0.4, -0.2) is 43.0 Å². The van der Waals surface area contributed by atoms with Gasteiger partial charge in [0.25, 0.3) is 11.7 Å². The smallest absolute Gasteiger partial charge is 0.338 e. The molecule has 2 aromatic rings. The topological polar surface area (TPSA) is 89.8 Å². The lowest BCUT2D eigenvalue weighted by Gasteiger charge is -2.07. The largest absolute Gasteiger partial charge is 0.416 e. The third-order valence-corrected chi connectivity index (χ3v) is 4.29. The second-order valence-electron chi connectivity index (χ2n) is 4.93. The van der Waals surface area contributed by atoms with Gasteiger partial charge in [-0.15, -0.1) is 15.0 Å². The number of benzene rings is 1. The second-order valence-corrected chi connectivity index (χ2v) is 6.03. The number of halogens is 3. The molecule has 1 fully saturated rings. The number of carbonyl (C=O) groups is 2. The first-order valence-electron chi connectivity index (χ1n) is 6.80. The van der Waals surface area contributed by atoms with Crippen molar-refractivity contribution >= 4 is 22.8 Å². The molecule has 0 bridgehead atoms. The third kappa shape index (κ3) is 3.40. The molecule has 1 N–H and O–H groups in total. The first kappa shape index (κ1) is 16.4. The van der Waals surface area contributed by atoms with Gasteiger partial charge in [0.05, 0.1) is 17.3 Å². The SMILES string of the molecule is O=C(N[C@H]1CCSC1=O)c1nnn(-c2ccc(C(F)(F)F)cc2)n1. The fourth-order valence-corrected chi connectivity index (χ4v) is 2.98. The van der Waals surface area contributed by atoms with E-state index in [0.717, 1.165) is 28.7 Å². The minimum absolute atomic E-state index is 0.126. The van der Waals surface area contributed by atoms with E-state index >= 15 is 0 Å². The van der Waals surface area contributed by atoms with Crippen molar-refractivity contribution in [2.45, 2.75) is 18.6 Å². The number of thioether (sulfide) groups is 1. The molecule has 0 radical (unpaired) electrons. The summed E-state index contributed by atoms with van der Waals surface area (Å²) in [5, 5.41) is 13.4. The van der Waals surface area contributed by atoms with E-state index in [1.54, 1.807) is 0 Å². The number of nitrogens with one attached hydrogen (secondary N) is 1. The van der Waals surface area contributed by atoms with Crippen LogP contribution in [0.3, 0.4) is 0 Å². The summed E-state index contributed by atoms with van der Waals surface area (Å²) < 4.78 is 37.6. The van der Waals surface area contributed by atoms with Crippen LogP contribution in [0.5, 0.6) is 0 Å². The third-order valence-electron chi connectivity index (χ3n) is 3.28. The van der Waals surface area contributed by atoms with Crippen molar-refractivity contribution < 1.29 is 22.8 Å². The molecule has 11 heteroatoms. The molecule has 0 saturated carbocycles. The van der Waals surface area contributed by atoms with Gasteiger partial charge in [-0.2, -0.15) is 13.2 Å². The van der Waals surface area contributed by atoms with E-state index in [4.69, 9.17) is 0 Å². The minimum atomic E-state index is -4.44. The molecular weight excluding hydrogens is 347 g/mol. The molecule has 1 atom stereocenters. The van der Waals surface area contributed by atoms with Crippen molar-refractivity contribution in [3.8, 4) is 5.69 Å². The Hall–Kier alpha value is -2.43. The first-order valence-corrected chi connectivity index (χ1v) is 7.78. The second kappa shape index (κ2) is 6.23. The summed E-state index contributed by atoms with van der Waals surface area (Å²) in [5.74, 6) is -0.288. The van der Waals surface area contributed by atoms with Crippen LogP contribution < -0.4 is 5.32 Å². The highest BCUT2D eigenvalue weighted by Gasteiger charge is 2.30. The number of hydrogen-bond donors (Lipinski definition) is 1. The molecule has 3 rings (SSSR count). The van der Waals surface area contributed by atoms with Crippen LogP contribution in [0.2, 0.25) is 0 Å². The lowest BCUT2D eigenvalue weighted by atomic mass is 10.2. The molecule has 1 aromatic carbocycles. The van der Waals surface area contributed by atoms with Gasteiger partial charge in [-0.25, -0.2) is 0 Å². The number of amides is 1. The highest BCUT2D eigenvalue weighted by molar-refractivity contribution is 8.14. The molecule has 24 heavy (non-hydrogen) atoms. The summed E-state index contributed by atoms with van der Waals surface area (Å²) in [4.78, 5) is 24.4. The fourth-order valence-electron chi connectivity index (χ4n) is 2.05. The Bertz CT molecular complexity index is 775. The van der Waals surface area contributed by atoms with Crippen LogP contribution >= 0.6 is 11.8 Å². The molecule has 2 heterocycles. The molecule has 126 valence electrons. The van der Waals surface area contributed by atoms with Gasteiger partial charge in [-0.3, -0.25) is 9.59 Å². The Balaban J connectivity index is 1.73. The Morgan fingerprint density at radius 3 is 2.58 bits per heavy atom. The maximum Gasteiger partial charge on any atom is 0.416 e. The molecule has 1 aliphatic rings. The quantitative estimate of drug-likeness (QED) is 0.894. The molecule has 1 amide bonds. The van der Waals surface area contributed by atoms with Gasteiger partial charge in [0.1, 0.15) is 0 Å². The average molecular weight is 357 g/mol. The predicted molar refractivity (Wildman–Crippen MR) is 77.5 cm³/mol. The van der Waals surface area contributed by atoms with Gasteiger partial charge in [-0.05, 0) is 35.9 Å². The van der Waals surface area contributed by atoms with E-state index in [0.29, 0.717) is 12.2 Å². The number of rotatable bonds is 3. The number of aromatic nitrogens is 4. The Morgan fingerprint density at radius 1 is 1.29 bits per heavy atom. The molecule has 1 aromatic heterocycles. The Morgan fingerprint density at radius 2 is 2.00 bits per heavy atom. The zero-order valence-electron chi connectivity index (χ0n) is 11.9. The van der Waals surface area contributed by atoms with Crippen molar-refractivity contribution in [1.82, 2.24) is 25.5 Å². The summed E-state index contributed by atoms with van der Waals surface area (Å²) >= 11 is 1.14. The maximum absolute atomic E-state index is 12.5. The minimum Gasteiger partial charge on any atom is -0.338 e. The lowest BCUT2D eigenvalue weighted by Crippen LogP contribution is -2.37. The van der Waals surface area contributed by atoms with Crippen LogP contribution in [-0.2, 0) is 11.0 Å². The first-order chi connectivity index (χ1) is 11.3. The van der Waals surface area contributed by atoms with Gasteiger partial charge < -0.3 is 5.32 Å². The fraction of sp³-hybridized carbons (Fsp3) is 0.308. The summed E-state index contributed by atoms with van der Waals surface area (Å²) in [6, 6.07) is 3.52. The normalized spacial score (nSPS) is 18.0. The Kier molecular flexibility index (Phi) is 4.26. The van der Waals surface area contributed by atoms with Crippen molar-refractivity contribution in [2.75, 3.05) is 5.75 Å². The van der Waals surface area contributed by atoms with Gasteiger partial charge in [0.2, 0.25) is 5.12 Å². The summed E-state index contributed by atoms with van der Waals surface area (Å²) in [5.41, 5.74) is -0.580. The monoisotopic (exact) mass is 357 g/mol. The number of alkyl halides is 3. The summed E-state index contributed by atoms with van der Waals surface area (Å²) in [7, 11) is 0. The van der Waals surface area contributed by atoms with Crippen molar-refractivity contribution in [3.05, 3.63) is 35.7 Å². The zero-order chi connectivity index (χ0) is 17.3. The summed E-state index contributed by atoms with van der Waals surface area (Å²) in [6.45, 7) is 0. The molecular formula is C13H10F3N5O2S. The van der Waals surface area contributed by atoms with E-state index < -0.39 is 23.7 Å². The number of carbonyl (C=O) groups excluding carboxylic acids is 2. The van der Waals surface area contributed by atoms with Crippen LogP contribution in [0.25, 0.3) is 5.69 Å². The lowest BCUT2D eigenvalue weighted by molar-refractivity contribution is -0.137. The van der Waals surface area contributed by atoms with Crippen LogP contribution in [0, 0.1) is 0 Å². The van der Waals surface area contributed by atoms with E-state index in [1.165, 1.54) is 12.1 Å². The highest BCUT2D eigenvalue weighted by atomic mass is 32.2. The standard InChI is InChI=1S/C13H10F3N5O2S/c14-13(15,16)7-1-3-8(4-2-7)21-19-10(18-20-21)11(22)17-9-5-6-24-12(9)23/h1-4,9H,5-6H2,(H,17,22)/t9-/m0/s1. The molecule has 0 spiro atoms. The predicted octanol–water partition coefficient (Wildman–Crippen LogP) is 1.44. The van der Waals surface area contributed by atoms with E-state index in [1.807, 2.05) is 0 Å². The maximum atomic E-state index is 12.5. The van der Waals surface area contributed by atoms with Gasteiger partial charge in [-0.1, -0.05) is 11.8 Å². The van der Waals surface area contributed by atoms with Crippen molar-refractivity contribution in [3.63, 3.8) is 0 Å². The van der Waals surface area contributed by atoms with E-state index in [2.05, 4.69) is 20.7 Å². The van der Waals surface area contributed by atoms with Gasteiger partial charge in [0, 0.05) is 5.75 Å². The molecule has 7 nitrogen and oxygen atoms in total. The average Bonchev–Trinajstić information content (AvgIpc) is 3.16. The number of tetrazole rings is 1. The Labute approximate surface area is 137 Å². The van der Waals surface area contributed by atoms with Crippen LogP contribution in [0.1, 0.15) is 22.6 Å².